The molecule has 3 fully saturated rings. The Labute approximate surface area is 214 Å². The molecule has 0 saturated heterocycles. The Kier molecular flexibility index (Phi) is 5.71. The van der Waals surface area contributed by atoms with Crippen LogP contribution in [0.15, 0.2) is 46.6 Å². The number of allylic oxidation sites excluding steroid dienone is 4. The van der Waals surface area contributed by atoms with E-state index < -0.39 is 33.4 Å². The molecule has 8 heteroatoms. The molecule has 188 valence electrons. The van der Waals surface area contributed by atoms with Crippen LogP contribution in [0.2, 0.25) is 0 Å². The van der Waals surface area contributed by atoms with Crippen molar-refractivity contribution in [2.75, 3.05) is 5.88 Å². The van der Waals surface area contributed by atoms with E-state index in [4.69, 9.17) is 32.4 Å². The van der Waals surface area contributed by atoms with Crippen molar-refractivity contribution in [1.29, 1.82) is 0 Å². The molecule has 1 aromatic heterocycles. The average Bonchev–Trinajstić information content (AvgIpc) is 3.42. The molecule has 35 heavy (non-hydrogen) atoms. The van der Waals surface area contributed by atoms with Crippen LogP contribution in [0.1, 0.15) is 57.0 Å². The average molecular weight is 521 g/mol. The summed E-state index contributed by atoms with van der Waals surface area (Å²) in [5, 5.41) is 11.8. The minimum atomic E-state index is -1.53. The van der Waals surface area contributed by atoms with E-state index in [1.807, 2.05) is 26.8 Å². The van der Waals surface area contributed by atoms with Crippen LogP contribution in [-0.2, 0) is 14.3 Å². The van der Waals surface area contributed by atoms with Crippen molar-refractivity contribution in [3.8, 4) is 0 Å². The smallest absolute Gasteiger partial charge is 0.375 e. The quantitative estimate of drug-likeness (QED) is 0.449. The third-order valence-corrected chi connectivity index (χ3v) is 10.9. The summed E-state index contributed by atoms with van der Waals surface area (Å²) in [5.41, 5.74) is -2.20. The monoisotopic (exact) mass is 520 g/mol. The number of ether oxygens (including phenoxy) is 1. The summed E-state index contributed by atoms with van der Waals surface area (Å²) in [5.74, 6) is -2.12. The number of ketones is 2. The van der Waals surface area contributed by atoms with Gasteiger partial charge in [-0.15, -0.1) is 23.2 Å². The Balaban J connectivity index is 1.61. The number of Topliss-reactive ketones (excluding diaryl/α,β-unsaturated/α-hetero) is 1. The van der Waals surface area contributed by atoms with Crippen molar-refractivity contribution in [2.45, 2.75) is 63.0 Å². The first-order valence-corrected chi connectivity index (χ1v) is 13.0. The second-order valence-electron chi connectivity index (χ2n) is 11.1. The number of carbonyl (C=O) groups is 3. The molecule has 0 spiro atoms. The van der Waals surface area contributed by atoms with Crippen molar-refractivity contribution in [1.82, 2.24) is 0 Å². The van der Waals surface area contributed by atoms with Crippen molar-refractivity contribution >= 4 is 40.7 Å². The Hall–Kier alpha value is -1.89. The lowest BCUT2D eigenvalue weighted by atomic mass is 9.45. The zero-order chi connectivity index (χ0) is 25.4. The highest BCUT2D eigenvalue weighted by Crippen LogP contribution is 2.72. The number of furan rings is 1. The number of aliphatic hydroxyl groups excluding tert-OH is 1. The van der Waals surface area contributed by atoms with Gasteiger partial charge in [0.2, 0.25) is 5.76 Å². The normalized spacial score (nSPS) is 44.2. The molecule has 0 unspecified atom stereocenters. The summed E-state index contributed by atoms with van der Waals surface area (Å²) in [6, 6.07) is 3.07. The lowest BCUT2D eigenvalue weighted by molar-refractivity contribution is -0.177. The third-order valence-electron chi connectivity index (χ3n) is 9.69. The second-order valence-corrected chi connectivity index (χ2v) is 12.0. The van der Waals surface area contributed by atoms with Crippen LogP contribution in [0.4, 0.5) is 0 Å². The highest BCUT2D eigenvalue weighted by Gasteiger charge is 2.76. The number of hydrogen-bond donors (Lipinski definition) is 1. The molecule has 0 radical (unpaired) electrons. The predicted molar refractivity (Wildman–Crippen MR) is 130 cm³/mol. The van der Waals surface area contributed by atoms with Gasteiger partial charge in [-0.1, -0.05) is 32.4 Å². The first-order valence-electron chi connectivity index (χ1n) is 12.1. The molecule has 0 aliphatic heterocycles. The van der Waals surface area contributed by atoms with E-state index in [1.54, 1.807) is 12.1 Å². The van der Waals surface area contributed by atoms with E-state index in [-0.39, 0.29) is 47.4 Å². The molecule has 6 nitrogen and oxygen atoms in total. The number of halogens is 2. The van der Waals surface area contributed by atoms with Gasteiger partial charge in [0, 0.05) is 16.7 Å². The first kappa shape index (κ1) is 24.8. The number of alkyl halides is 2. The molecule has 8 atom stereocenters. The van der Waals surface area contributed by atoms with E-state index in [0.29, 0.717) is 19.3 Å². The summed E-state index contributed by atoms with van der Waals surface area (Å²) in [6.07, 6.45) is 7.44. The van der Waals surface area contributed by atoms with Crippen LogP contribution in [0.5, 0.6) is 0 Å². The predicted octanol–water partition coefficient (Wildman–Crippen LogP) is 4.87. The molecule has 3 saturated carbocycles. The van der Waals surface area contributed by atoms with Gasteiger partial charge in [0.1, 0.15) is 0 Å². The summed E-state index contributed by atoms with van der Waals surface area (Å²) in [7, 11) is 0. The van der Waals surface area contributed by atoms with Crippen LogP contribution in [-0.4, -0.2) is 45.1 Å². The fraction of sp³-hybridized carbons (Fsp3) is 0.593. The summed E-state index contributed by atoms with van der Waals surface area (Å²) < 4.78 is 11.3. The minimum absolute atomic E-state index is 0.00557. The topological polar surface area (TPSA) is 93.8 Å². The Morgan fingerprint density at radius 2 is 2.03 bits per heavy atom. The standard InChI is InChI=1S/C27H30Cl2O6/c1-15-11-19-18-7-6-16-12-17(30)8-9-24(16,2)26(18,29)21(31)13-25(19,3)27(15,22(32)14-28)35-23(33)20-5-4-10-34-20/h4-5,8-10,12,15,18-19,21,31H,6-7,11,13-14H2,1-3H3/t15-,18+,19-,21+,24-,25+,26+,27+/m1/s1. The molecular formula is C27H30Cl2O6. The van der Waals surface area contributed by atoms with Crippen LogP contribution < -0.4 is 0 Å². The van der Waals surface area contributed by atoms with Crippen molar-refractivity contribution < 1.29 is 28.6 Å². The fourth-order valence-corrected chi connectivity index (χ4v) is 8.81. The Bertz CT molecular complexity index is 1140. The van der Waals surface area contributed by atoms with E-state index in [9.17, 15) is 19.5 Å². The highest BCUT2D eigenvalue weighted by atomic mass is 35.5. The van der Waals surface area contributed by atoms with E-state index >= 15 is 0 Å². The largest absolute Gasteiger partial charge is 0.457 e. The van der Waals surface area contributed by atoms with Crippen LogP contribution in [0.25, 0.3) is 0 Å². The van der Waals surface area contributed by atoms with Gasteiger partial charge in [-0.2, -0.15) is 0 Å². The van der Waals surface area contributed by atoms with Crippen LogP contribution in [0, 0.1) is 28.6 Å². The number of aliphatic hydroxyl groups is 1. The maximum atomic E-state index is 13.6. The highest BCUT2D eigenvalue weighted by molar-refractivity contribution is 6.29. The minimum Gasteiger partial charge on any atom is -0.457 e. The molecule has 0 amide bonds. The van der Waals surface area contributed by atoms with E-state index in [1.165, 1.54) is 18.4 Å². The number of esters is 1. The summed E-state index contributed by atoms with van der Waals surface area (Å²) in [4.78, 5) is 37.7. The van der Waals surface area contributed by atoms with Gasteiger partial charge in [0.15, 0.2) is 17.2 Å². The zero-order valence-electron chi connectivity index (χ0n) is 20.1. The van der Waals surface area contributed by atoms with Crippen LogP contribution in [0.3, 0.4) is 0 Å². The Morgan fingerprint density at radius 3 is 2.69 bits per heavy atom. The maximum absolute atomic E-state index is 13.6. The van der Waals surface area contributed by atoms with Gasteiger partial charge in [0.25, 0.3) is 0 Å². The zero-order valence-corrected chi connectivity index (χ0v) is 21.6. The van der Waals surface area contributed by atoms with Gasteiger partial charge in [-0.05, 0) is 61.8 Å². The van der Waals surface area contributed by atoms with Crippen molar-refractivity contribution in [3.63, 3.8) is 0 Å². The van der Waals surface area contributed by atoms with Gasteiger partial charge in [-0.25, -0.2) is 4.79 Å². The van der Waals surface area contributed by atoms with Gasteiger partial charge in [0.05, 0.1) is 23.1 Å². The molecular weight excluding hydrogens is 491 g/mol. The van der Waals surface area contributed by atoms with Crippen molar-refractivity contribution in [3.05, 3.63) is 48.0 Å². The summed E-state index contributed by atoms with van der Waals surface area (Å²) in [6.45, 7) is 5.81. The fourth-order valence-electron chi connectivity index (χ4n) is 8.09. The van der Waals surface area contributed by atoms with Gasteiger partial charge < -0.3 is 14.3 Å². The third kappa shape index (κ3) is 3.02. The molecule has 1 heterocycles. The molecule has 0 aromatic carbocycles. The molecule has 1 aromatic rings. The number of hydrogen-bond acceptors (Lipinski definition) is 6. The number of fused-ring (bicyclic) bond motifs is 5. The van der Waals surface area contributed by atoms with Gasteiger partial charge in [-0.3, -0.25) is 9.59 Å². The maximum Gasteiger partial charge on any atom is 0.375 e. The SMILES string of the molecule is C[C@@H]1C[C@@H]2[C@@H]3CCC4=CC(=O)C=C[C@@]4(C)[C@@]3(Cl)[C@@H](O)C[C@]2(C)[C@@]1(OC(=O)c1ccco1)C(=O)CCl. The Morgan fingerprint density at radius 1 is 1.29 bits per heavy atom. The van der Waals surface area contributed by atoms with Gasteiger partial charge >= 0.3 is 5.97 Å². The first-order chi connectivity index (χ1) is 16.5. The molecule has 1 N–H and O–H groups in total. The van der Waals surface area contributed by atoms with Crippen molar-refractivity contribution in [2.24, 2.45) is 28.6 Å². The number of carbonyl (C=O) groups excluding carboxylic acids is 3. The van der Waals surface area contributed by atoms with Crippen LogP contribution >= 0.6 is 23.2 Å². The van der Waals surface area contributed by atoms with E-state index in [2.05, 4.69) is 0 Å². The summed E-state index contributed by atoms with van der Waals surface area (Å²) >= 11 is 13.6. The molecule has 4 aliphatic carbocycles. The lowest BCUT2D eigenvalue weighted by Crippen LogP contribution is -2.69. The number of rotatable bonds is 4. The lowest BCUT2D eigenvalue weighted by Gasteiger charge is -2.64. The van der Waals surface area contributed by atoms with E-state index in [0.717, 1.165) is 5.57 Å². The molecule has 5 rings (SSSR count). The second kappa shape index (κ2) is 8.06. The molecule has 0 bridgehead atoms. The molecule has 4 aliphatic rings.